The van der Waals surface area contributed by atoms with Crippen LogP contribution in [-0.2, 0) is 6.42 Å². The van der Waals surface area contributed by atoms with Crippen LogP contribution in [0.1, 0.15) is 18.1 Å². The van der Waals surface area contributed by atoms with Crippen molar-refractivity contribution in [3.8, 4) is 12.3 Å². The summed E-state index contributed by atoms with van der Waals surface area (Å²) in [5.41, 5.74) is 0. The Kier molecular flexibility index (Phi) is 4.00. The molecule has 70 valence electrons. The zero-order valence-corrected chi connectivity index (χ0v) is 7.71. The Labute approximate surface area is 77.7 Å². The first-order chi connectivity index (χ1) is 6.33. The van der Waals surface area contributed by atoms with E-state index in [2.05, 4.69) is 21.4 Å². The van der Waals surface area contributed by atoms with Gasteiger partial charge in [-0.3, -0.25) is 0 Å². The van der Waals surface area contributed by atoms with Crippen LogP contribution in [0, 0.1) is 19.3 Å². The fourth-order valence-corrected chi connectivity index (χ4v) is 0.922. The van der Waals surface area contributed by atoms with Crippen LogP contribution >= 0.6 is 0 Å². The van der Waals surface area contributed by atoms with Gasteiger partial charge in [0.2, 0.25) is 5.89 Å². The van der Waals surface area contributed by atoms with E-state index in [0.29, 0.717) is 11.7 Å². The van der Waals surface area contributed by atoms with Crippen molar-refractivity contribution in [2.45, 2.75) is 19.8 Å². The van der Waals surface area contributed by atoms with Gasteiger partial charge in [-0.05, 0) is 6.92 Å². The number of nitrogens with one attached hydrogen (secondary N) is 1. The van der Waals surface area contributed by atoms with E-state index in [-0.39, 0.29) is 0 Å². The van der Waals surface area contributed by atoms with Crippen molar-refractivity contribution < 1.29 is 4.52 Å². The predicted molar refractivity (Wildman–Crippen MR) is 49.1 cm³/mol. The molecular weight excluding hydrogens is 166 g/mol. The summed E-state index contributed by atoms with van der Waals surface area (Å²) >= 11 is 0. The number of rotatable bonds is 5. The Morgan fingerprint density at radius 3 is 3.00 bits per heavy atom. The topological polar surface area (TPSA) is 51.0 Å². The Balaban J connectivity index is 2.10. The summed E-state index contributed by atoms with van der Waals surface area (Å²) in [6, 6.07) is 0. The second kappa shape index (κ2) is 5.33. The minimum Gasteiger partial charge on any atom is -0.339 e. The van der Waals surface area contributed by atoms with Crippen LogP contribution in [0.25, 0.3) is 0 Å². The third-order valence-electron chi connectivity index (χ3n) is 1.53. The fraction of sp³-hybridized carbons (Fsp3) is 0.556. The highest BCUT2D eigenvalue weighted by Gasteiger charge is 2.00. The molecule has 0 bridgehead atoms. The van der Waals surface area contributed by atoms with Crippen molar-refractivity contribution in [3.63, 3.8) is 0 Å². The van der Waals surface area contributed by atoms with Crippen LogP contribution in [0.3, 0.4) is 0 Å². The molecule has 0 fully saturated rings. The quantitative estimate of drug-likeness (QED) is 0.529. The highest BCUT2D eigenvalue weighted by molar-refractivity contribution is 4.85. The first-order valence-electron chi connectivity index (χ1n) is 4.26. The molecule has 0 aliphatic heterocycles. The highest BCUT2D eigenvalue weighted by atomic mass is 16.5. The number of aryl methyl sites for hydroxylation is 1. The van der Waals surface area contributed by atoms with Gasteiger partial charge >= 0.3 is 0 Å². The molecule has 1 aromatic rings. The third kappa shape index (κ3) is 3.72. The molecule has 0 aliphatic rings. The van der Waals surface area contributed by atoms with E-state index in [0.717, 1.165) is 25.9 Å². The van der Waals surface area contributed by atoms with Crippen molar-refractivity contribution in [1.82, 2.24) is 15.5 Å². The van der Waals surface area contributed by atoms with Crippen LogP contribution in [-0.4, -0.2) is 23.2 Å². The molecule has 1 aromatic heterocycles. The Bertz CT molecular complexity index is 287. The van der Waals surface area contributed by atoms with E-state index < -0.39 is 0 Å². The summed E-state index contributed by atoms with van der Waals surface area (Å²) < 4.78 is 4.93. The van der Waals surface area contributed by atoms with Crippen LogP contribution in [0.15, 0.2) is 4.52 Å². The van der Waals surface area contributed by atoms with Gasteiger partial charge in [0.05, 0.1) is 0 Å². The van der Waals surface area contributed by atoms with Crippen LogP contribution in [0.5, 0.6) is 0 Å². The summed E-state index contributed by atoms with van der Waals surface area (Å²) in [5.74, 6) is 3.91. The zero-order valence-electron chi connectivity index (χ0n) is 7.71. The molecule has 0 amide bonds. The van der Waals surface area contributed by atoms with Crippen LogP contribution in [0.2, 0.25) is 0 Å². The maximum Gasteiger partial charge on any atom is 0.227 e. The third-order valence-corrected chi connectivity index (χ3v) is 1.53. The molecule has 0 saturated carbocycles. The lowest BCUT2D eigenvalue weighted by Crippen LogP contribution is -2.18. The molecule has 0 saturated heterocycles. The Hall–Kier alpha value is -1.34. The maximum absolute atomic E-state index is 5.09. The van der Waals surface area contributed by atoms with Gasteiger partial charge in [-0.25, -0.2) is 0 Å². The highest BCUT2D eigenvalue weighted by Crippen LogP contribution is 1.95. The SMILES string of the molecule is C#CCCNCCc1nc(C)no1. The fourth-order valence-electron chi connectivity index (χ4n) is 0.922. The van der Waals surface area contributed by atoms with Crippen molar-refractivity contribution in [3.05, 3.63) is 11.7 Å². The molecule has 0 spiro atoms. The number of hydrogen-bond donors (Lipinski definition) is 1. The predicted octanol–water partition coefficient (Wildman–Crippen LogP) is 0.533. The van der Waals surface area contributed by atoms with Gasteiger partial charge in [0.15, 0.2) is 5.82 Å². The molecule has 1 heterocycles. The summed E-state index contributed by atoms with van der Waals surface area (Å²) in [5, 5.41) is 6.86. The van der Waals surface area contributed by atoms with E-state index in [1.807, 2.05) is 0 Å². The average Bonchev–Trinajstić information content (AvgIpc) is 2.51. The van der Waals surface area contributed by atoms with Crippen LogP contribution in [0.4, 0.5) is 0 Å². The molecule has 0 aromatic carbocycles. The van der Waals surface area contributed by atoms with Crippen molar-refractivity contribution in [1.29, 1.82) is 0 Å². The van der Waals surface area contributed by atoms with E-state index >= 15 is 0 Å². The van der Waals surface area contributed by atoms with E-state index in [9.17, 15) is 0 Å². The smallest absolute Gasteiger partial charge is 0.227 e. The normalized spacial score (nSPS) is 9.85. The van der Waals surface area contributed by atoms with Gasteiger partial charge in [-0.15, -0.1) is 12.3 Å². The largest absolute Gasteiger partial charge is 0.339 e. The van der Waals surface area contributed by atoms with E-state index in [4.69, 9.17) is 10.9 Å². The summed E-state index contributed by atoms with van der Waals surface area (Å²) in [7, 11) is 0. The monoisotopic (exact) mass is 179 g/mol. The van der Waals surface area contributed by atoms with Gasteiger partial charge < -0.3 is 9.84 Å². The second-order valence-electron chi connectivity index (χ2n) is 2.69. The number of hydrogen-bond acceptors (Lipinski definition) is 4. The lowest BCUT2D eigenvalue weighted by atomic mass is 10.4. The van der Waals surface area contributed by atoms with Gasteiger partial charge in [0.1, 0.15) is 0 Å². The number of nitrogens with zero attached hydrogens (tertiary/aromatic N) is 2. The van der Waals surface area contributed by atoms with Gasteiger partial charge in [-0.2, -0.15) is 4.98 Å². The number of terminal acetylenes is 1. The van der Waals surface area contributed by atoms with Crippen molar-refractivity contribution in [2.24, 2.45) is 0 Å². The number of aromatic nitrogens is 2. The lowest BCUT2D eigenvalue weighted by Gasteiger charge is -1.97. The Morgan fingerprint density at radius 2 is 2.38 bits per heavy atom. The lowest BCUT2D eigenvalue weighted by molar-refractivity contribution is 0.372. The van der Waals surface area contributed by atoms with E-state index in [1.54, 1.807) is 6.92 Å². The molecule has 0 radical (unpaired) electrons. The zero-order chi connectivity index (χ0) is 9.52. The van der Waals surface area contributed by atoms with Crippen molar-refractivity contribution >= 4 is 0 Å². The first kappa shape index (κ1) is 9.75. The summed E-state index contributed by atoms with van der Waals surface area (Å²) in [6.07, 6.45) is 6.60. The van der Waals surface area contributed by atoms with Crippen LogP contribution < -0.4 is 5.32 Å². The molecule has 4 nitrogen and oxygen atoms in total. The maximum atomic E-state index is 5.09. The van der Waals surface area contributed by atoms with Gasteiger partial charge in [0.25, 0.3) is 0 Å². The molecule has 0 unspecified atom stereocenters. The molecule has 0 atom stereocenters. The van der Waals surface area contributed by atoms with E-state index in [1.165, 1.54) is 0 Å². The standard InChI is InChI=1S/C9H13N3O/c1-3-4-6-10-7-5-9-11-8(2)12-13-9/h1,10H,4-7H2,2H3. The minimum absolute atomic E-state index is 0.672. The molecule has 1 N–H and O–H groups in total. The van der Waals surface area contributed by atoms with Gasteiger partial charge in [-0.1, -0.05) is 5.16 Å². The summed E-state index contributed by atoms with van der Waals surface area (Å²) in [6.45, 7) is 3.46. The molecular formula is C9H13N3O. The summed E-state index contributed by atoms with van der Waals surface area (Å²) in [4.78, 5) is 4.07. The minimum atomic E-state index is 0.672. The molecule has 13 heavy (non-hydrogen) atoms. The molecule has 4 heteroatoms. The average molecular weight is 179 g/mol. The molecule has 0 aliphatic carbocycles. The van der Waals surface area contributed by atoms with Gasteiger partial charge in [0, 0.05) is 25.9 Å². The molecule has 1 rings (SSSR count). The Morgan fingerprint density at radius 1 is 1.54 bits per heavy atom. The van der Waals surface area contributed by atoms with Crippen molar-refractivity contribution in [2.75, 3.05) is 13.1 Å². The second-order valence-corrected chi connectivity index (χ2v) is 2.69. The first-order valence-corrected chi connectivity index (χ1v) is 4.26.